The van der Waals surface area contributed by atoms with Crippen molar-refractivity contribution in [2.24, 2.45) is 5.92 Å². The Hall–Kier alpha value is -1.85. The summed E-state index contributed by atoms with van der Waals surface area (Å²) >= 11 is 11.5. The summed E-state index contributed by atoms with van der Waals surface area (Å²) in [6.07, 6.45) is 12.8. The third-order valence-electron chi connectivity index (χ3n) is 4.34. The molecule has 138 valence electrons. The van der Waals surface area contributed by atoms with E-state index in [4.69, 9.17) is 23.2 Å². The van der Waals surface area contributed by atoms with Crippen molar-refractivity contribution in [3.8, 4) is 0 Å². The average Bonchev–Trinajstić information content (AvgIpc) is 3.22. The zero-order chi connectivity index (χ0) is 18.5. The van der Waals surface area contributed by atoms with E-state index in [0.29, 0.717) is 30.8 Å². The second kappa shape index (κ2) is 8.69. The van der Waals surface area contributed by atoms with Gasteiger partial charge in [-0.15, -0.1) is 23.2 Å². The molecule has 26 heavy (non-hydrogen) atoms. The zero-order valence-corrected chi connectivity index (χ0v) is 16.2. The molecular formula is C19H22Cl2N4O. The van der Waals surface area contributed by atoms with Gasteiger partial charge >= 0.3 is 0 Å². The van der Waals surface area contributed by atoms with Crippen molar-refractivity contribution < 1.29 is 4.79 Å². The number of aromatic nitrogens is 4. The van der Waals surface area contributed by atoms with E-state index in [-0.39, 0.29) is 5.78 Å². The van der Waals surface area contributed by atoms with Gasteiger partial charge in [-0.25, -0.2) is 0 Å². The van der Waals surface area contributed by atoms with E-state index in [1.54, 1.807) is 21.8 Å². The molecule has 1 fully saturated rings. The Morgan fingerprint density at radius 2 is 1.46 bits per heavy atom. The van der Waals surface area contributed by atoms with Gasteiger partial charge in [0.25, 0.3) is 0 Å². The van der Waals surface area contributed by atoms with E-state index in [1.807, 2.05) is 24.5 Å². The molecular weight excluding hydrogens is 371 g/mol. The Labute approximate surface area is 163 Å². The lowest BCUT2D eigenvalue weighted by Gasteiger charge is -2.22. The number of hydrogen-bond acceptors (Lipinski definition) is 3. The third-order valence-corrected chi connectivity index (χ3v) is 4.67. The number of rotatable bonds is 6. The molecule has 0 saturated heterocycles. The van der Waals surface area contributed by atoms with E-state index in [9.17, 15) is 4.79 Å². The highest BCUT2D eigenvalue weighted by atomic mass is 35.5. The second-order valence-corrected chi connectivity index (χ2v) is 7.39. The Morgan fingerprint density at radius 1 is 1.00 bits per heavy atom. The molecule has 1 aliphatic carbocycles. The molecule has 0 amide bonds. The molecule has 2 aromatic heterocycles. The standard InChI is InChI=1S/C19H22Cl2N4O/c1-14-6-17(8-15-10-22-24(12-15)4-2-20)19(26)18(7-14)9-16-11-23-25(13-16)5-3-21/h8-14H,2-7H2,1H3. The van der Waals surface area contributed by atoms with Crippen LogP contribution in [0.5, 0.6) is 0 Å². The van der Waals surface area contributed by atoms with Crippen LogP contribution in [-0.2, 0) is 17.9 Å². The summed E-state index contributed by atoms with van der Waals surface area (Å²) < 4.78 is 3.58. The minimum absolute atomic E-state index is 0.110. The molecule has 0 unspecified atom stereocenters. The van der Waals surface area contributed by atoms with Crippen LogP contribution in [0.25, 0.3) is 12.2 Å². The van der Waals surface area contributed by atoms with Gasteiger partial charge in [0, 0.05) is 46.4 Å². The maximum absolute atomic E-state index is 12.9. The van der Waals surface area contributed by atoms with Crippen molar-refractivity contribution in [2.45, 2.75) is 32.9 Å². The Morgan fingerprint density at radius 3 is 1.88 bits per heavy atom. The maximum atomic E-state index is 12.9. The van der Waals surface area contributed by atoms with Crippen molar-refractivity contribution in [3.63, 3.8) is 0 Å². The fourth-order valence-electron chi connectivity index (χ4n) is 3.19. The van der Waals surface area contributed by atoms with E-state index >= 15 is 0 Å². The van der Waals surface area contributed by atoms with Crippen LogP contribution in [0.1, 0.15) is 30.9 Å². The van der Waals surface area contributed by atoms with E-state index in [1.165, 1.54) is 0 Å². The molecule has 1 aliphatic rings. The Kier molecular flexibility index (Phi) is 6.33. The van der Waals surface area contributed by atoms with Crippen molar-refractivity contribution in [2.75, 3.05) is 11.8 Å². The molecule has 7 heteroatoms. The van der Waals surface area contributed by atoms with Gasteiger partial charge in [0.15, 0.2) is 5.78 Å². The van der Waals surface area contributed by atoms with E-state index < -0.39 is 0 Å². The summed E-state index contributed by atoms with van der Waals surface area (Å²) in [4.78, 5) is 12.9. The first-order valence-electron chi connectivity index (χ1n) is 8.71. The summed E-state index contributed by atoms with van der Waals surface area (Å²) in [7, 11) is 0. The predicted molar refractivity (Wildman–Crippen MR) is 105 cm³/mol. The van der Waals surface area contributed by atoms with E-state index in [2.05, 4.69) is 17.1 Å². The number of alkyl halides is 2. The number of ketones is 1. The minimum Gasteiger partial charge on any atom is -0.289 e. The van der Waals surface area contributed by atoms with Crippen LogP contribution in [0.2, 0.25) is 0 Å². The van der Waals surface area contributed by atoms with Gasteiger partial charge in [-0.3, -0.25) is 14.2 Å². The van der Waals surface area contributed by atoms with Crippen LogP contribution < -0.4 is 0 Å². The highest BCUT2D eigenvalue weighted by molar-refractivity contribution is 6.18. The average molecular weight is 393 g/mol. The van der Waals surface area contributed by atoms with Crippen molar-refractivity contribution in [3.05, 3.63) is 47.1 Å². The smallest absolute Gasteiger partial charge is 0.185 e. The van der Waals surface area contributed by atoms with Gasteiger partial charge in [-0.05, 0) is 30.9 Å². The summed E-state index contributed by atoms with van der Waals surface area (Å²) in [5, 5.41) is 8.52. The third kappa shape index (κ3) is 4.65. The van der Waals surface area contributed by atoms with Crippen LogP contribution >= 0.6 is 23.2 Å². The molecule has 0 bridgehead atoms. The molecule has 1 saturated carbocycles. The van der Waals surface area contributed by atoms with Gasteiger partial charge in [0.2, 0.25) is 0 Å². The molecule has 3 rings (SSSR count). The first kappa shape index (κ1) is 18.9. The predicted octanol–water partition coefficient (Wildman–Crippen LogP) is 4.02. The Bertz CT molecular complexity index is 768. The number of carbonyl (C=O) groups excluding carboxylic acids is 1. The summed E-state index contributed by atoms with van der Waals surface area (Å²) in [5.74, 6) is 1.55. The number of Topliss-reactive ketones (excluding diaryl/α,β-unsaturated/α-hetero) is 1. The van der Waals surface area contributed by atoms with Gasteiger partial charge in [-0.1, -0.05) is 6.92 Å². The van der Waals surface area contributed by atoms with Crippen LogP contribution in [0, 0.1) is 5.92 Å². The molecule has 0 spiro atoms. The van der Waals surface area contributed by atoms with Crippen LogP contribution in [0.4, 0.5) is 0 Å². The highest BCUT2D eigenvalue weighted by Gasteiger charge is 2.25. The minimum atomic E-state index is 0.110. The van der Waals surface area contributed by atoms with Crippen molar-refractivity contribution in [1.82, 2.24) is 19.6 Å². The van der Waals surface area contributed by atoms with E-state index in [0.717, 1.165) is 35.1 Å². The maximum Gasteiger partial charge on any atom is 0.185 e. The number of aryl methyl sites for hydroxylation is 2. The summed E-state index contributed by atoms with van der Waals surface area (Å²) in [5.41, 5.74) is 3.52. The molecule has 5 nitrogen and oxygen atoms in total. The largest absolute Gasteiger partial charge is 0.289 e. The number of nitrogens with zero attached hydrogens (tertiary/aromatic N) is 4. The lowest BCUT2D eigenvalue weighted by Crippen LogP contribution is -2.18. The quantitative estimate of drug-likeness (QED) is 0.550. The van der Waals surface area contributed by atoms with Crippen LogP contribution in [0.15, 0.2) is 35.9 Å². The summed E-state index contributed by atoms with van der Waals surface area (Å²) in [6, 6.07) is 0. The van der Waals surface area contributed by atoms with Crippen LogP contribution in [-0.4, -0.2) is 37.1 Å². The lowest BCUT2D eigenvalue weighted by molar-refractivity contribution is -0.113. The SMILES string of the molecule is CC1CC(=Cc2cnn(CCCl)c2)C(=O)C(=Cc2cnn(CCCl)c2)C1. The monoisotopic (exact) mass is 392 g/mol. The first-order chi connectivity index (χ1) is 12.6. The first-order valence-corrected chi connectivity index (χ1v) is 9.78. The van der Waals surface area contributed by atoms with Crippen molar-refractivity contribution >= 4 is 41.1 Å². The molecule has 2 heterocycles. The van der Waals surface area contributed by atoms with Gasteiger partial charge < -0.3 is 0 Å². The molecule has 0 aliphatic heterocycles. The molecule has 0 N–H and O–H groups in total. The number of carbonyl (C=O) groups is 1. The number of halogens is 2. The Balaban J connectivity index is 1.82. The molecule has 0 aromatic carbocycles. The number of hydrogen-bond donors (Lipinski definition) is 0. The van der Waals surface area contributed by atoms with Crippen molar-refractivity contribution in [1.29, 1.82) is 0 Å². The van der Waals surface area contributed by atoms with Gasteiger partial charge in [0.1, 0.15) is 0 Å². The van der Waals surface area contributed by atoms with Gasteiger partial charge in [0.05, 0.1) is 25.5 Å². The second-order valence-electron chi connectivity index (χ2n) is 6.63. The van der Waals surface area contributed by atoms with Gasteiger partial charge in [-0.2, -0.15) is 10.2 Å². The molecule has 2 aromatic rings. The van der Waals surface area contributed by atoms with Crippen LogP contribution in [0.3, 0.4) is 0 Å². The fraction of sp³-hybridized carbons (Fsp3) is 0.421. The highest BCUT2D eigenvalue weighted by Crippen LogP contribution is 2.32. The molecule has 0 radical (unpaired) electrons. The molecule has 0 atom stereocenters. The summed E-state index contributed by atoms with van der Waals surface area (Å²) in [6.45, 7) is 3.49. The normalized spacial score (nSPS) is 21.0. The fourth-order valence-corrected chi connectivity index (χ4v) is 3.54. The number of allylic oxidation sites excluding steroid dienone is 2. The lowest BCUT2D eigenvalue weighted by atomic mass is 9.81. The topological polar surface area (TPSA) is 52.7 Å². The zero-order valence-electron chi connectivity index (χ0n) is 14.7.